The molecular weight excluding hydrogens is 440 g/mol. The first-order chi connectivity index (χ1) is 16.7. The SMILES string of the molecule is C/C(=N\NC(=O)C(=O)N[C@H](C)c1ccccc1)c1ccc2c(c1)[C@@](C)(C1CCCCC1)C(=O)N2C. The molecule has 1 aliphatic carbocycles. The summed E-state index contributed by atoms with van der Waals surface area (Å²) >= 11 is 0. The van der Waals surface area contributed by atoms with Crippen LogP contribution in [0.2, 0.25) is 0 Å². The Morgan fingerprint density at radius 2 is 1.74 bits per heavy atom. The second kappa shape index (κ2) is 10.0. The van der Waals surface area contributed by atoms with Crippen molar-refractivity contribution in [3.05, 3.63) is 65.2 Å². The van der Waals surface area contributed by atoms with Gasteiger partial charge in [-0.25, -0.2) is 5.43 Å². The van der Waals surface area contributed by atoms with Crippen molar-refractivity contribution in [2.75, 3.05) is 11.9 Å². The van der Waals surface area contributed by atoms with Crippen LogP contribution in [0.5, 0.6) is 0 Å². The number of hydrogen-bond donors (Lipinski definition) is 2. The van der Waals surface area contributed by atoms with Crippen molar-refractivity contribution in [3.8, 4) is 0 Å². The smallest absolute Gasteiger partial charge is 0.329 e. The normalized spacial score (nSPS) is 21.4. The van der Waals surface area contributed by atoms with Crippen LogP contribution in [0, 0.1) is 5.92 Å². The highest BCUT2D eigenvalue weighted by Gasteiger charge is 2.51. The maximum absolute atomic E-state index is 13.3. The summed E-state index contributed by atoms with van der Waals surface area (Å²) in [5.74, 6) is -1.11. The summed E-state index contributed by atoms with van der Waals surface area (Å²) in [5, 5.41) is 6.86. The number of nitrogens with one attached hydrogen (secondary N) is 2. The molecule has 0 unspecified atom stereocenters. The molecule has 0 saturated heterocycles. The van der Waals surface area contributed by atoms with E-state index in [2.05, 4.69) is 22.8 Å². The topological polar surface area (TPSA) is 90.9 Å². The Hall–Kier alpha value is -3.48. The van der Waals surface area contributed by atoms with Crippen LogP contribution in [0.4, 0.5) is 5.69 Å². The molecule has 0 aromatic heterocycles. The Bertz CT molecular complexity index is 1150. The minimum Gasteiger partial charge on any atom is -0.341 e. The van der Waals surface area contributed by atoms with Gasteiger partial charge in [0.25, 0.3) is 0 Å². The lowest BCUT2D eigenvalue weighted by Crippen LogP contribution is -2.43. The molecule has 2 aromatic carbocycles. The number of rotatable bonds is 5. The number of hydrogen-bond acceptors (Lipinski definition) is 4. The fourth-order valence-corrected chi connectivity index (χ4v) is 5.45. The largest absolute Gasteiger partial charge is 0.341 e. The number of nitrogens with zero attached hydrogens (tertiary/aromatic N) is 2. The summed E-state index contributed by atoms with van der Waals surface area (Å²) in [4.78, 5) is 39.8. The Morgan fingerprint density at radius 1 is 1.06 bits per heavy atom. The number of amides is 3. The third-order valence-corrected chi connectivity index (χ3v) is 7.68. The lowest BCUT2D eigenvalue weighted by Gasteiger charge is -2.36. The van der Waals surface area contributed by atoms with Crippen LogP contribution >= 0.6 is 0 Å². The number of benzene rings is 2. The zero-order valence-electron chi connectivity index (χ0n) is 20.9. The lowest BCUT2D eigenvalue weighted by atomic mass is 9.66. The van der Waals surface area contributed by atoms with Crippen molar-refractivity contribution < 1.29 is 14.4 Å². The second-order valence-electron chi connectivity index (χ2n) is 9.88. The molecule has 35 heavy (non-hydrogen) atoms. The van der Waals surface area contributed by atoms with E-state index in [-0.39, 0.29) is 11.9 Å². The summed E-state index contributed by atoms with van der Waals surface area (Å²) in [6.45, 7) is 5.68. The summed E-state index contributed by atoms with van der Waals surface area (Å²) in [7, 11) is 1.84. The van der Waals surface area contributed by atoms with Gasteiger partial charge in [0.05, 0.1) is 17.2 Å². The van der Waals surface area contributed by atoms with E-state index in [1.54, 1.807) is 11.8 Å². The van der Waals surface area contributed by atoms with Gasteiger partial charge in [-0.2, -0.15) is 5.10 Å². The number of hydrazone groups is 1. The predicted molar refractivity (Wildman–Crippen MR) is 137 cm³/mol. The van der Waals surface area contributed by atoms with Crippen LogP contribution in [-0.4, -0.2) is 30.5 Å². The summed E-state index contributed by atoms with van der Waals surface area (Å²) in [6.07, 6.45) is 5.65. The van der Waals surface area contributed by atoms with E-state index in [1.807, 2.05) is 62.5 Å². The molecule has 1 aliphatic heterocycles. The van der Waals surface area contributed by atoms with Gasteiger partial charge in [0, 0.05) is 12.7 Å². The van der Waals surface area contributed by atoms with E-state index in [0.717, 1.165) is 48.1 Å². The molecule has 1 heterocycles. The lowest BCUT2D eigenvalue weighted by molar-refractivity contribution is -0.139. The van der Waals surface area contributed by atoms with Crippen LogP contribution in [0.3, 0.4) is 0 Å². The van der Waals surface area contributed by atoms with Crippen LogP contribution in [0.25, 0.3) is 0 Å². The van der Waals surface area contributed by atoms with Crippen LogP contribution in [0.15, 0.2) is 53.6 Å². The number of fused-ring (bicyclic) bond motifs is 1. The highest BCUT2D eigenvalue weighted by atomic mass is 16.2. The summed E-state index contributed by atoms with van der Waals surface area (Å²) in [5.41, 5.74) is 6.04. The van der Waals surface area contributed by atoms with Crippen molar-refractivity contribution in [3.63, 3.8) is 0 Å². The predicted octanol–water partition coefficient (Wildman–Crippen LogP) is 4.22. The summed E-state index contributed by atoms with van der Waals surface area (Å²) in [6, 6.07) is 15.0. The van der Waals surface area contributed by atoms with Crippen molar-refractivity contribution >= 4 is 29.1 Å². The molecule has 3 amide bonds. The van der Waals surface area contributed by atoms with E-state index in [4.69, 9.17) is 0 Å². The quantitative estimate of drug-likeness (QED) is 0.386. The van der Waals surface area contributed by atoms with Gasteiger partial charge in [-0.1, -0.05) is 55.7 Å². The maximum atomic E-state index is 13.3. The standard InChI is InChI=1S/C28H34N4O3/c1-18(20-11-7-5-8-12-20)29-25(33)26(34)31-30-19(2)21-15-16-24-23(17-21)28(3,27(35)32(24)4)22-13-9-6-10-14-22/h5,7-8,11-12,15-18,22H,6,9-10,13-14H2,1-4H3,(H,29,33)(H,31,34)/b30-19+/t18-,28-/m1/s1. The Labute approximate surface area is 207 Å². The number of anilines is 1. The average molecular weight is 475 g/mol. The van der Waals surface area contributed by atoms with Crippen LogP contribution in [0.1, 0.15) is 75.6 Å². The molecule has 4 rings (SSSR count). The fraction of sp³-hybridized carbons (Fsp3) is 0.429. The van der Waals surface area contributed by atoms with E-state index >= 15 is 0 Å². The average Bonchev–Trinajstić information content (AvgIpc) is 3.09. The van der Waals surface area contributed by atoms with Crippen molar-refractivity contribution in [2.24, 2.45) is 11.0 Å². The molecule has 2 aliphatic rings. The number of carbonyl (C=O) groups excluding carboxylic acids is 3. The first-order valence-corrected chi connectivity index (χ1v) is 12.4. The Kier molecular flexibility index (Phi) is 7.05. The van der Waals surface area contributed by atoms with Gasteiger partial charge in [-0.15, -0.1) is 0 Å². The third kappa shape index (κ3) is 4.72. The van der Waals surface area contributed by atoms with Gasteiger partial charge < -0.3 is 10.2 Å². The molecule has 0 radical (unpaired) electrons. The molecule has 7 heteroatoms. The van der Waals surface area contributed by atoms with Crippen LogP contribution < -0.4 is 15.6 Å². The van der Waals surface area contributed by atoms with Gasteiger partial charge in [0.2, 0.25) is 5.91 Å². The number of likely N-dealkylation sites (N-methyl/N-ethyl adjacent to an activating group) is 1. The minimum atomic E-state index is -0.824. The minimum absolute atomic E-state index is 0.142. The summed E-state index contributed by atoms with van der Waals surface area (Å²) < 4.78 is 0. The Morgan fingerprint density at radius 3 is 2.43 bits per heavy atom. The second-order valence-corrected chi connectivity index (χ2v) is 9.88. The molecule has 1 saturated carbocycles. The first kappa shape index (κ1) is 24.6. The first-order valence-electron chi connectivity index (χ1n) is 12.4. The highest BCUT2D eigenvalue weighted by molar-refractivity contribution is 6.35. The molecule has 7 nitrogen and oxygen atoms in total. The molecule has 2 aromatic rings. The molecule has 0 spiro atoms. The molecule has 184 valence electrons. The van der Waals surface area contributed by atoms with Crippen molar-refractivity contribution in [1.82, 2.24) is 10.7 Å². The van der Waals surface area contributed by atoms with E-state index in [0.29, 0.717) is 11.6 Å². The molecule has 2 atom stereocenters. The van der Waals surface area contributed by atoms with Gasteiger partial charge in [0.15, 0.2) is 0 Å². The zero-order valence-corrected chi connectivity index (χ0v) is 20.9. The zero-order chi connectivity index (χ0) is 25.2. The van der Waals surface area contributed by atoms with Gasteiger partial charge >= 0.3 is 11.8 Å². The molecule has 1 fully saturated rings. The van der Waals surface area contributed by atoms with Gasteiger partial charge in [0.1, 0.15) is 0 Å². The van der Waals surface area contributed by atoms with Crippen molar-refractivity contribution in [2.45, 2.75) is 64.3 Å². The monoisotopic (exact) mass is 474 g/mol. The van der Waals surface area contributed by atoms with E-state index in [9.17, 15) is 14.4 Å². The maximum Gasteiger partial charge on any atom is 0.329 e. The van der Waals surface area contributed by atoms with E-state index < -0.39 is 17.2 Å². The fourth-order valence-electron chi connectivity index (χ4n) is 5.45. The Balaban J connectivity index is 1.49. The molecule has 2 N–H and O–H groups in total. The molecular formula is C28H34N4O3. The van der Waals surface area contributed by atoms with Gasteiger partial charge in [-0.05, 0) is 68.4 Å². The number of carbonyl (C=O) groups is 3. The van der Waals surface area contributed by atoms with Crippen molar-refractivity contribution in [1.29, 1.82) is 0 Å². The highest BCUT2D eigenvalue weighted by Crippen LogP contribution is 2.50. The third-order valence-electron chi connectivity index (χ3n) is 7.68. The molecule has 0 bridgehead atoms. The van der Waals surface area contributed by atoms with Crippen LogP contribution in [-0.2, 0) is 19.8 Å². The van der Waals surface area contributed by atoms with Gasteiger partial charge in [-0.3, -0.25) is 14.4 Å². The van der Waals surface area contributed by atoms with E-state index in [1.165, 1.54) is 6.42 Å².